The average Bonchev–Trinajstić information content (AvgIpc) is 2.68. The van der Waals surface area contributed by atoms with E-state index in [4.69, 9.17) is 14.2 Å². The van der Waals surface area contributed by atoms with Gasteiger partial charge in [0.2, 0.25) is 0 Å². The lowest BCUT2D eigenvalue weighted by Gasteiger charge is -2.22. The molecule has 0 saturated carbocycles. The van der Waals surface area contributed by atoms with Crippen LogP contribution >= 0.6 is 0 Å². The van der Waals surface area contributed by atoms with Gasteiger partial charge in [-0.05, 0) is 31.1 Å². The van der Waals surface area contributed by atoms with Gasteiger partial charge in [-0.25, -0.2) is 8.42 Å². The minimum Gasteiger partial charge on any atom is -0.748 e. The van der Waals surface area contributed by atoms with Crippen molar-refractivity contribution >= 4 is 10.1 Å². The van der Waals surface area contributed by atoms with E-state index in [0.717, 1.165) is 12.8 Å². The summed E-state index contributed by atoms with van der Waals surface area (Å²) in [6.07, 6.45) is 9.30. The molecule has 176 valence electrons. The van der Waals surface area contributed by atoms with E-state index in [9.17, 15) is 13.0 Å². The van der Waals surface area contributed by atoms with E-state index < -0.39 is 15.9 Å². The van der Waals surface area contributed by atoms with E-state index in [-0.39, 0.29) is 19.1 Å². The van der Waals surface area contributed by atoms with E-state index in [1.807, 2.05) is 0 Å². The molecular formula is C22H45O6S-. The molecule has 0 radical (unpaired) electrons. The second kappa shape index (κ2) is 18.6. The molecule has 2 unspecified atom stereocenters. The summed E-state index contributed by atoms with van der Waals surface area (Å²) in [6.45, 7) is 11.3. The quantitative estimate of drug-likeness (QED) is 0.190. The van der Waals surface area contributed by atoms with Crippen LogP contribution in [0.3, 0.4) is 0 Å². The Morgan fingerprint density at radius 1 is 0.759 bits per heavy atom. The number of unbranched alkanes of at least 4 members (excludes halogenated alkanes) is 2. The van der Waals surface area contributed by atoms with E-state index >= 15 is 0 Å². The topological polar surface area (TPSA) is 84.9 Å². The lowest BCUT2D eigenvalue weighted by atomic mass is 10.0. The Labute approximate surface area is 179 Å². The SMILES string of the molecule is CCCCC(CC)COCC(COCC(CC)CCCC)OCCCS(=O)(=O)[O-]. The van der Waals surface area contributed by atoms with Crippen molar-refractivity contribution in [3.63, 3.8) is 0 Å². The standard InChI is InChI=1S/C22H46O6S/c1-5-9-12-20(7-3)16-26-18-22(28-14-11-15-29(23,24)25)19-27-17-21(8-4)13-10-6-2/h20-22H,5-19H2,1-4H3,(H,23,24,25)/p-1. The molecular weight excluding hydrogens is 392 g/mol. The zero-order valence-electron chi connectivity index (χ0n) is 19.2. The molecule has 0 N–H and O–H groups in total. The summed E-state index contributed by atoms with van der Waals surface area (Å²) in [5, 5.41) is 0. The molecule has 2 atom stereocenters. The van der Waals surface area contributed by atoms with Gasteiger partial charge in [0.15, 0.2) is 0 Å². The summed E-state index contributed by atoms with van der Waals surface area (Å²) in [6, 6.07) is 0. The molecule has 7 heteroatoms. The molecule has 0 bridgehead atoms. The molecule has 29 heavy (non-hydrogen) atoms. The summed E-state index contributed by atoms with van der Waals surface area (Å²) < 4.78 is 49.8. The summed E-state index contributed by atoms with van der Waals surface area (Å²) in [5.74, 6) is 0.715. The average molecular weight is 438 g/mol. The first-order valence-electron chi connectivity index (χ1n) is 11.6. The van der Waals surface area contributed by atoms with Crippen LogP contribution in [0.15, 0.2) is 0 Å². The summed E-state index contributed by atoms with van der Waals surface area (Å²) >= 11 is 0. The van der Waals surface area contributed by atoms with Crippen LogP contribution in [-0.4, -0.2) is 57.9 Å². The van der Waals surface area contributed by atoms with Crippen molar-refractivity contribution in [1.82, 2.24) is 0 Å². The van der Waals surface area contributed by atoms with Crippen LogP contribution in [0.5, 0.6) is 0 Å². The fraction of sp³-hybridized carbons (Fsp3) is 1.00. The van der Waals surface area contributed by atoms with Crippen molar-refractivity contribution in [2.24, 2.45) is 11.8 Å². The molecule has 0 aliphatic heterocycles. The van der Waals surface area contributed by atoms with Gasteiger partial charge < -0.3 is 18.8 Å². The van der Waals surface area contributed by atoms with Crippen LogP contribution < -0.4 is 0 Å². The minimum absolute atomic E-state index is 0.199. The molecule has 0 saturated heterocycles. The number of ether oxygens (including phenoxy) is 3. The molecule has 0 aromatic carbocycles. The maximum atomic E-state index is 10.7. The highest BCUT2D eigenvalue weighted by Gasteiger charge is 2.14. The van der Waals surface area contributed by atoms with Crippen LogP contribution in [0.4, 0.5) is 0 Å². The number of hydrogen-bond donors (Lipinski definition) is 0. The van der Waals surface area contributed by atoms with E-state index in [1.165, 1.54) is 38.5 Å². The fourth-order valence-electron chi connectivity index (χ4n) is 3.16. The van der Waals surface area contributed by atoms with Crippen LogP contribution in [-0.2, 0) is 24.3 Å². The van der Waals surface area contributed by atoms with Gasteiger partial charge >= 0.3 is 0 Å². The maximum absolute atomic E-state index is 10.7. The monoisotopic (exact) mass is 437 g/mol. The Balaban J connectivity index is 4.39. The Hall–Kier alpha value is -0.210. The van der Waals surface area contributed by atoms with Gasteiger partial charge in [-0.2, -0.15) is 0 Å². The van der Waals surface area contributed by atoms with Crippen LogP contribution in [0.1, 0.15) is 85.5 Å². The fourth-order valence-corrected chi connectivity index (χ4v) is 3.63. The Bertz CT molecular complexity index is 432. The van der Waals surface area contributed by atoms with Gasteiger partial charge in [0.25, 0.3) is 0 Å². The Morgan fingerprint density at radius 3 is 1.62 bits per heavy atom. The molecule has 0 heterocycles. The van der Waals surface area contributed by atoms with Gasteiger partial charge in [0, 0.05) is 25.6 Å². The molecule has 0 aromatic rings. The van der Waals surface area contributed by atoms with Gasteiger partial charge in [-0.3, -0.25) is 0 Å². The normalized spacial score (nSPS) is 15.3. The van der Waals surface area contributed by atoms with Crippen LogP contribution in [0.25, 0.3) is 0 Å². The van der Waals surface area contributed by atoms with Crippen LogP contribution in [0, 0.1) is 11.8 Å². The third-order valence-electron chi connectivity index (χ3n) is 5.29. The first-order valence-corrected chi connectivity index (χ1v) is 13.1. The van der Waals surface area contributed by atoms with Crippen molar-refractivity contribution < 1.29 is 27.2 Å². The molecule has 0 amide bonds. The predicted molar refractivity (Wildman–Crippen MR) is 117 cm³/mol. The second-order valence-electron chi connectivity index (χ2n) is 8.02. The Morgan fingerprint density at radius 2 is 1.24 bits per heavy atom. The van der Waals surface area contributed by atoms with Crippen LogP contribution in [0.2, 0.25) is 0 Å². The van der Waals surface area contributed by atoms with Crippen molar-refractivity contribution in [3.8, 4) is 0 Å². The number of hydrogen-bond acceptors (Lipinski definition) is 6. The molecule has 0 fully saturated rings. The lowest BCUT2D eigenvalue weighted by Crippen LogP contribution is -2.29. The number of rotatable bonds is 21. The highest BCUT2D eigenvalue weighted by Crippen LogP contribution is 2.15. The third kappa shape index (κ3) is 18.3. The first-order chi connectivity index (χ1) is 13.9. The molecule has 0 aliphatic carbocycles. The highest BCUT2D eigenvalue weighted by atomic mass is 32.2. The molecule has 0 rings (SSSR count). The minimum atomic E-state index is -4.20. The zero-order chi connectivity index (χ0) is 22.0. The Kier molecular flexibility index (Phi) is 18.4. The molecule has 6 nitrogen and oxygen atoms in total. The maximum Gasteiger partial charge on any atom is 0.104 e. The smallest absolute Gasteiger partial charge is 0.104 e. The van der Waals surface area contributed by atoms with Gasteiger partial charge in [0.05, 0.1) is 23.3 Å². The largest absolute Gasteiger partial charge is 0.748 e. The summed E-state index contributed by atoms with van der Waals surface area (Å²) in [5.41, 5.74) is 0. The van der Waals surface area contributed by atoms with E-state index in [1.54, 1.807) is 0 Å². The third-order valence-corrected chi connectivity index (χ3v) is 6.08. The van der Waals surface area contributed by atoms with E-state index in [2.05, 4.69) is 27.7 Å². The van der Waals surface area contributed by atoms with Gasteiger partial charge in [0.1, 0.15) is 6.10 Å². The predicted octanol–water partition coefficient (Wildman–Crippen LogP) is 4.77. The molecule has 0 spiro atoms. The van der Waals surface area contributed by atoms with E-state index in [0.29, 0.717) is 38.3 Å². The van der Waals surface area contributed by atoms with Crippen molar-refractivity contribution in [2.45, 2.75) is 91.6 Å². The summed E-state index contributed by atoms with van der Waals surface area (Å²) in [4.78, 5) is 0. The highest BCUT2D eigenvalue weighted by molar-refractivity contribution is 7.85. The van der Waals surface area contributed by atoms with Gasteiger partial charge in [-0.15, -0.1) is 0 Å². The molecule has 0 aromatic heterocycles. The van der Waals surface area contributed by atoms with Crippen molar-refractivity contribution in [2.75, 3.05) is 38.8 Å². The lowest BCUT2D eigenvalue weighted by molar-refractivity contribution is -0.0697. The zero-order valence-corrected chi connectivity index (χ0v) is 20.0. The van der Waals surface area contributed by atoms with Gasteiger partial charge in [-0.1, -0.05) is 66.2 Å². The van der Waals surface area contributed by atoms with Crippen molar-refractivity contribution in [1.29, 1.82) is 0 Å². The second-order valence-corrected chi connectivity index (χ2v) is 9.54. The summed E-state index contributed by atoms with van der Waals surface area (Å²) in [7, 11) is -4.20. The molecule has 0 aliphatic rings. The first kappa shape index (κ1) is 28.8. The van der Waals surface area contributed by atoms with Crippen molar-refractivity contribution in [3.05, 3.63) is 0 Å².